The van der Waals surface area contributed by atoms with E-state index in [4.69, 9.17) is 6.42 Å². The van der Waals surface area contributed by atoms with E-state index in [1.165, 1.54) is 11.2 Å². The van der Waals surface area contributed by atoms with Crippen molar-refractivity contribution in [1.29, 1.82) is 0 Å². The molecule has 3 nitrogen and oxygen atoms in total. The molecule has 0 atom stereocenters. The molecule has 0 fully saturated rings. The molecule has 0 spiro atoms. The maximum atomic E-state index is 11.4. The third kappa shape index (κ3) is 2.35. The van der Waals surface area contributed by atoms with Gasteiger partial charge in [0, 0.05) is 29.3 Å². The fourth-order valence-corrected chi connectivity index (χ4v) is 1.75. The predicted octanol–water partition coefficient (Wildman–Crippen LogP) is 0.685. The van der Waals surface area contributed by atoms with Gasteiger partial charge in [-0.3, -0.25) is 9.00 Å². The first-order valence-electron chi connectivity index (χ1n) is 3.84. The van der Waals surface area contributed by atoms with Gasteiger partial charge in [-0.2, -0.15) is 0 Å². The van der Waals surface area contributed by atoms with Crippen LogP contribution in [0.15, 0.2) is 0 Å². The molecule has 70 valence electrons. The van der Waals surface area contributed by atoms with Crippen molar-refractivity contribution in [2.24, 2.45) is 0 Å². The SMILES string of the molecule is C#C[SH](C)(=O)C(=O)N(CC)CC. The van der Waals surface area contributed by atoms with Crippen LogP contribution in [0.25, 0.3) is 0 Å². The average Bonchev–Trinajstić information content (AvgIpc) is 2.06. The molecule has 0 rings (SSSR count). The first kappa shape index (κ1) is 11.2. The number of terminal acetylenes is 1. The van der Waals surface area contributed by atoms with Gasteiger partial charge < -0.3 is 4.90 Å². The second-order valence-electron chi connectivity index (χ2n) is 2.51. The summed E-state index contributed by atoms with van der Waals surface area (Å²) in [6.07, 6.45) is 6.32. The summed E-state index contributed by atoms with van der Waals surface area (Å²) in [5.41, 5.74) is 0. The van der Waals surface area contributed by atoms with Crippen LogP contribution in [0.4, 0.5) is 4.79 Å². The van der Waals surface area contributed by atoms with E-state index in [0.717, 1.165) is 0 Å². The van der Waals surface area contributed by atoms with Crippen LogP contribution in [-0.2, 0) is 9.93 Å². The predicted molar refractivity (Wildman–Crippen MR) is 52.6 cm³/mol. The van der Waals surface area contributed by atoms with Gasteiger partial charge in [-0.25, -0.2) is 0 Å². The van der Waals surface area contributed by atoms with Gasteiger partial charge in [0.25, 0.3) is 5.24 Å². The molecule has 0 bridgehead atoms. The molecule has 0 heterocycles. The molecule has 1 amide bonds. The van der Waals surface area contributed by atoms with Crippen LogP contribution < -0.4 is 0 Å². The summed E-state index contributed by atoms with van der Waals surface area (Å²) in [5.74, 6) is 0. The van der Waals surface area contributed by atoms with Crippen molar-refractivity contribution in [2.45, 2.75) is 13.8 Å². The van der Waals surface area contributed by atoms with E-state index in [2.05, 4.69) is 5.25 Å². The van der Waals surface area contributed by atoms with Gasteiger partial charge in [-0.15, -0.1) is 6.42 Å². The zero-order valence-corrected chi connectivity index (χ0v) is 8.60. The van der Waals surface area contributed by atoms with Gasteiger partial charge in [0.1, 0.15) is 0 Å². The summed E-state index contributed by atoms with van der Waals surface area (Å²) < 4.78 is 11.4. The second-order valence-corrected chi connectivity index (χ2v) is 5.00. The normalized spacial score (nSPS) is 11.8. The summed E-state index contributed by atoms with van der Waals surface area (Å²) in [5, 5.41) is 1.65. The molecule has 0 N–H and O–H groups in total. The first-order valence-corrected chi connectivity index (χ1v) is 5.99. The Kier molecular flexibility index (Phi) is 3.98. The number of carbonyl (C=O) groups is 1. The van der Waals surface area contributed by atoms with Crippen molar-refractivity contribution in [1.82, 2.24) is 4.90 Å². The zero-order chi connectivity index (χ0) is 9.78. The average molecular weight is 189 g/mol. The number of thiol groups is 1. The number of rotatable bonds is 2. The van der Waals surface area contributed by atoms with Gasteiger partial charge in [0.15, 0.2) is 0 Å². The quantitative estimate of drug-likeness (QED) is 0.512. The Labute approximate surface area is 74.6 Å². The summed E-state index contributed by atoms with van der Waals surface area (Å²) in [6, 6.07) is 0. The minimum atomic E-state index is -3.04. The summed E-state index contributed by atoms with van der Waals surface area (Å²) in [4.78, 5) is 12.9. The van der Waals surface area contributed by atoms with Crippen LogP contribution in [0.5, 0.6) is 0 Å². The summed E-state index contributed by atoms with van der Waals surface area (Å²) >= 11 is 0. The van der Waals surface area contributed by atoms with Gasteiger partial charge in [-0.1, -0.05) is 0 Å². The van der Waals surface area contributed by atoms with E-state index in [-0.39, 0.29) is 0 Å². The minimum absolute atomic E-state index is 0.407. The first-order chi connectivity index (χ1) is 5.49. The lowest BCUT2D eigenvalue weighted by Gasteiger charge is -2.22. The molecule has 0 unspecified atom stereocenters. The highest BCUT2D eigenvalue weighted by Crippen LogP contribution is 2.05. The Hall–Kier alpha value is -0.820. The number of carbonyl (C=O) groups excluding carboxylic acids is 1. The van der Waals surface area contributed by atoms with Crippen LogP contribution in [0, 0.1) is 11.7 Å². The topological polar surface area (TPSA) is 37.4 Å². The fraction of sp³-hybridized carbons (Fsp3) is 0.625. The molecule has 0 saturated heterocycles. The third-order valence-electron chi connectivity index (χ3n) is 1.65. The van der Waals surface area contributed by atoms with E-state index in [1.807, 2.05) is 13.8 Å². The largest absolute Gasteiger partial charge is 0.333 e. The molecule has 0 saturated carbocycles. The Morgan fingerprint density at radius 2 is 1.92 bits per heavy atom. The maximum absolute atomic E-state index is 11.4. The maximum Gasteiger partial charge on any atom is 0.298 e. The minimum Gasteiger partial charge on any atom is -0.333 e. The highest BCUT2D eigenvalue weighted by Gasteiger charge is 2.20. The smallest absolute Gasteiger partial charge is 0.298 e. The zero-order valence-electron chi connectivity index (χ0n) is 7.70. The Balaban J connectivity index is 4.61. The molecule has 0 radical (unpaired) electrons. The summed E-state index contributed by atoms with van der Waals surface area (Å²) in [6.45, 7) is 4.76. The van der Waals surface area contributed by atoms with Gasteiger partial charge in [0.2, 0.25) is 0 Å². The fourth-order valence-electron chi connectivity index (χ4n) is 0.819. The Morgan fingerprint density at radius 3 is 2.17 bits per heavy atom. The van der Waals surface area contributed by atoms with Gasteiger partial charge in [0.05, 0.1) is 0 Å². The van der Waals surface area contributed by atoms with E-state index < -0.39 is 15.2 Å². The molecule has 0 aliphatic carbocycles. The number of hydrogen-bond donors (Lipinski definition) is 1. The lowest BCUT2D eigenvalue weighted by atomic mass is 10.6. The molecule has 12 heavy (non-hydrogen) atoms. The molecular formula is C8H15NO2S. The molecular weight excluding hydrogens is 174 g/mol. The van der Waals surface area contributed by atoms with Gasteiger partial charge in [-0.05, 0) is 19.1 Å². The molecule has 0 aliphatic heterocycles. The van der Waals surface area contributed by atoms with Crippen molar-refractivity contribution < 1.29 is 9.00 Å². The summed E-state index contributed by atoms with van der Waals surface area (Å²) in [7, 11) is -3.04. The van der Waals surface area contributed by atoms with E-state index in [1.54, 1.807) is 0 Å². The van der Waals surface area contributed by atoms with Crippen molar-refractivity contribution >= 4 is 15.2 Å². The van der Waals surface area contributed by atoms with Crippen molar-refractivity contribution in [3.05, 3.63) is 0 Å². The van der Waals surface area contributed by atoms with Crippen LogP contribution in [-0.4, -0.2) is 33.7 Å². The Morgan fingerprint density at radius 1 is 1.50 bits per heavy atom. The highest BCUT2D eigenvalue weighted by atomic mass is 32.2. The third-order valence-corrected chi connectivity index (χ3v) is 3.15. The number of hydrogen-bond acceptors (Lipinski definition) is 2. The Bertz CT molecular complexity index is 250. The molecule has 0 aliphatic rings. The molecule has 4 heteroatoms. The number of amides is 1. The highest BCUT2D eigenvalue weighted by molar-refractivity contribution is 8.19. The lowest BCUT2D eigenvalue weighted by molar-refractivity contribution is 0.227. The van der Waals surface area contributed by atoms with E-state index >= 15 is 0 Å². The van der Waals surface area contributed by atoms with Crippen molar-refractivity contribution in [3.8, 4) is 11.7 Å². The standard InChI is InChI=1S/C8H15NO2S/c1-5-9(6-2)8(10)12(4,11)7-3/h3,12H,5-6H2,1-2,4H3. The van der Waals surface area contributed by atoms with Crippen LogP contribution >= 0.6 is 0 Å². The molecule has 0 aromatic rings. The van der Waals surface area contributed by atoms with Crippen LogP contribution in [0.2, 0.25) is 0 Å². The lowest BCUT2D eigenvalue weighted by Crippen LogP contribution is -2.37. The van der Waals surface area contributed by atoms with Gasteiger partial charge >= 0.3 is 0 Å². The van der Waals surface area contributed by atoms with E-state index in [0.29, 0.717) is 13.1 Å². The van der Waals surface area contributed by atoms with Crippen LogP contribution in [0.3, 0.4) is 0 Å². The molecule has 0 aromatic heterocycles. The van der Waals surface area contributed by atoms with E-state index in [9.17, 15) is 9.00 Å². The van der Waals surface area contributed by atoms with Crippen LogP contribution in [0.1, 0.15) is 13.8 Å². The second kappa shape index (κ2) is 4.27. The number of nitrogens with zero attached hydrogens (tertiary/aromatic N) is 1. The molecule has 0 aromatic carbocycles. The monoisotopic (exact) mass is 189 g/mol. The van der Waals surface area contributed by atoms with Crippen molar-refractivity contribution in [3.63, 3.8) is 0 Å². The van der Waals surface area contributed by atoms with Crippen molar-refractivity contribution in [2.75, 3.05) is 19.3 Å².